The summed E-state index contributed by atoms with van der Waals surface area (Å²) in [5.41, 5.74) is 3.33. The van der Waals surface area contributed by atoms with Crippen LogP contribution in [0.5, 0.6) is 0 Å². The van der Waals surface area contributed by atoms with Crippen molar-refractivity contribution in [2.24, 2.45) is 0 Å². The van der Waals surface area contributed by atoms with Crippen LogP contribution in [-0.2, 0) is 6.54 Å². The van der Waals surface area contributed by atoms with Crippen molar-refractivity contribution in [3.8, 4) is 22.5 Å². The maximum Gasteiger partial charge on any atom is 0.254 e. The van der Waals surface area contributed by atoms with Gasteiger partial charge in [-0.05, 0) is 29.3 Å². The lowest BCUT2D eigenvalue weighted by Crippen LogP contribution is -2.26. The Morgan fingerprint density at radius 1 is 0.929 bits per heavy atom. The van der Waals surface area contributed by atoms with Gasteiger partial charge in [-0.3, -0.25) is 9.78 Å². The Hall–Kier alpha value is -3.80. The fraction of sp³-hybridized carbons (Fsp3) is 0.0909. The van der Waals surface area contributed by atoms with Gasteiger partial charge in [-0.1, -0.05) is 53.7 Å². The maximum absolute atomic E-state index is 13.0. The first-order valence-electron chi connectivity index (χ1n) is 8.85. The van der Waals surface area contributed by atoms with Crippen LogP contribution in [0.4, 0.5) is 0 Å². The quantitative estimate of drug-likeness (QED) is 0.529. The number of carbonyl (C=O) groups excluding carboxylic acids is 1. The van der Waals surface area contributed by atoms with E-state index in [-0.39, 0.29) is 12.5 Å². The first-order chi connectivity index (χ1) is 13.7. The molecule has 0 radical (unpaired) electrons. The summed E-state index contributed by atoms with van der Waals surface area (Å²) in [5.74, 6) is 0.742. The van der Waals surface area contributed by atoms with Gasteiger partial charge in [0.2, 0.25) is 11.7 Å². The fourth-order valence-electron chi connectivity index (χ4n) is 2.96. The minimum atomic E-state index is -0.108. The van der Waals surface area contributed by atoms with Gasteiger partial charge in [0, 0.05) is 30.6 Å². The molecule has 0 aliphatic carbocycles. The Kier molecular flexibility index (Phi) is 4.93. The lowest BCUT2D eigenvalue weighted by molar-refractivity contribution is 0.0770. The molecular weight excluding hydrogens is 352 g/mol. The normalized spacial score (nSPS) is 10.6. The predicted molar refractivity (Wildman–Crippen MR) is 105 cm³/mol. The SMILES string of the molecule is CN(Cc1nc(-c2ccncc2)no1)C(=O)c1ccccc1-c1ccccc1. The summed E-state index contributed by atoms with van der Waals surface area (Å²) in [6, 6.07) is 21.0. The van der Waals surface area contributed by atoms with Crippen LogP contribution in [0, 0.1) is 0 Å². The van der Waals surface area contributed by atoms with Crippen molar-refractivity contribution in [3.63, 3.8) is 0 Å². The van der Waals surface area contributed by atoms with E-state index in [1.807, 2.05) is 54.6 Å². The molecule has 0 bridgehead atoms. The number of carbonyl (C=O) groups is 1. The molecule has 0 saturated heterocycles. The fourth-order valence-corrected chi connectivity index (χ4v) is 2.96. The van der Waals surface area contributed by atoms with Gasteiger partial charge in [0.25, 0.3) is 5.91 Å². The predicted octanol–water partition coefficient (Wildman–Crippen LogP) is 4.07. The summed E-state index contributed by atoms with van der Waals surface area (Å²) < 4.78 is 5.32. The molecule has 0 saturated carbocycles. The Labute approximate surface area is 162 Å². The zero-order valence-corrected chi connectivity index (χ0v) is 15.3. The molecule has 0 unspecified atom stereocenters. The van der Waals surface area contributed by atoms with E-state index in [1.54, 1.807) is 36.5 Å². The number of amides is 1. The third-order valence-corrected chi connectivity index (χ3v) is 4.37. The first-order valence-corrected chi connectivity index (χ1v) is 8.85. The highest BCUT2D eigenvalue weighted by Gasteiger charge is 2.19. The Morgan fingerprint density at radius 2 is 1.64 bits per heavy atom. The van der Waals surface area contributed by atoms with Crippen LogP contribution in [-0.4, -0.2) is 33.0 Å². The highest BCUT2D eigenvalue weighted by Crippen LogP contribution is 2.25. The molecule has 0 aliphatic rings. The van der Waals surface area contributed by atoms with E-state index >= 15 is 0 Å². The van der Waals surface area contributed by atoms with Crippen LogP contribution >= 0.6 is 0 Å². The van der Waals surface area contributed by atoms with Gasteiger partial charge in [-0.15, -0.1) is 0 Å². The van der Waals surface area contributed by atoms with E-state index in [0.29, 0.717) is 17.3 Å². The highest BCUT2D eigenvalue weighted by atomic mass is 16.5. The lowest BCUT2D eigenvalue weighted by Gasteiger charge is -2.17. The van der Waals surface area contributed by atoms with Crippen LogP contribution in [0.3, 0.4) is 0 Å². The van der Waals surface area contributed by atoms with Crippen molar-refractivity contribution in [2.75, 3.05) is 7.05 Å². The molecule has 2 heterocycles. The molecule has 0 fully saturated rings. The van der Waals surface area contributed by atoms with Gasteiger partial charge in [-0.2, -0.15) is 4.98 Å². The summed E-state index contributed by atoms with van der Waals surface area (Å²) in [6.45, 7) is 0.222. The van der Waals surface area contributed by atoms with Gasteiger partial charge >= 0.3 is 0 Å². The van der Waals surface area contributed by atoms with E-state index in [2.05, 4.69) is 15.1 Å². The van der Waals surface area contributed by atoms with E-state index in [1.165, 1.54) is 0 Å². The minimum absolute atomic E-state index is 0.108. The molecule has 28 heavy (non-hydrogen) atoms. The van der Waals surface area contributed by atoms with E-state index < -0.39 is 0 Å². The Balaban J connectivity index is 1.55. The number of pyridine rings is 1. The number of hydrogen-bond acceptors (Lipinski definition) is 5. The van der Waals surface area contributed by atoms with Crippen LogP contribution in [0.15, 0.2) is 83.6 Å². The van der Waals surface area contributed by atoms with Gasteiger partial charge in [0.05, 0.1) is 6.54 Å². The van der Waals surface area contributed by atoms with Crippen molar-refractivity contribution < 1.29 is 9.32 Å². The monoisotopic (exact) mass is 370 g/mol. The number of benzene rings is 2. The molecule has 0 N–H and O–H groups in total. The van der Waals surface area contributed by atoms with E-state index in [4.69, 9.17) is 4.52 Å². The molecule has 2 aromatic carbocycles. The van der Waals surface area contributed by atoms with E-state index in [0.717, 1.165) is 16.7 Å². The summed E-state index contributed by atoms with van der Waals surface area (Å²) >= 11 is 0. The Morgan fingerprint density at radius 3 is 2.43 bits per heavy atom. The molecule has 6 heteroatoms. The van der Waals surface area contributed by atoms with Crippen LogP contribution in [0.2, 0.25) is 0 Å². The largest absolute Gasteiger partial charge is 0.337 e. The molecule has 138 valence electrons. The third kappa shape index (κ3) is 3.66. The second kappa shape index (κ2) is 7.84. The summed E-state index contributed by atoms with van der Waals surface area (Å²) in [4.78, 5) is 23.0. The number of aromatic nitrogens is 3. The first kappa shape index (κ1) is 17.6. The molecular formula is C22H18N4O2. The van der Waals surface area contributed by atoms with Gasteiger partial charge in [0.1, 0.15) is 0 Å². The maximum atomic E-state index is 13.0. The molecule has 1 amide bonds. The number of nitrogens with zero attached hydrogens (tertiary/aromatic N) is 4. The molecule has 4 aromatic rings. The zero-order valence-electron chi connectivity index (χ0n) is 15.3. The van der Waals surface area contributed by atoms with Crippen molar-refractivity contribution in [2.45, 2.75) is 6.54 Å². The number of rotatable bonds is 5. The highest BCUT2D eigenvalue weighted by molar-refractivity contribution is 6.00. The minimum Gasteiger partial charge on any atom is -0.337 e. The summed E-state index contributed by atoms with van der Waals surface area (Å²) in [5, 5.41) is 3.98. The van der Waals surface area contributed by atoms with Crippen molar-refractivity contribution in [3.05, 3.63) is 90.6 Å². The lowest BCUT2D eigenvalue weighted by atomic mass is 9.99. The smallest absolute Gasteiger partial charge is 0.254 e. The van der Waals surface area contributed by atoms with Crippen molar-refractivity contribution in [1.29, 1.82) is 0 Å². The van der Waals surface area contributed by atoms with Gasteiger partial charge < -0.3 is 9.42 Å². The average Bonchev–Trinajstić information content (AvgIpc) is 3.23. The van der Waals surface area contributed by atoms with Gasteiger partial charge in [-0.25, -0.2) is 0 Å². The van der Waals surface area contributed by atoms with Crippen LogP contribution < -0.4 is 0 Å². The molecule has 0 spiro atoms. The third-order valence-electron chi connectivity index (χ3n) is 4.37. The van der Waals surface area contributed by atoms with Crippen molar-refractivity contribution in [1.82, 2.24) is 20.0 Å². The second-order valence-corrected chi connectivity index (χ2v) is 6.32. The Bertz CT molecular complexity index is 1080. The molecule has 2 aromatic heterocycles. The molecule has 0 aliphatic heterocycles. The molecule has 4 rings (SSSR count). The van der Waals surface area contributed by atoms with Gasteiger partial charge in [0.15, 0.2) is 0 Å². The number of hydrogen-bond donors (Lipinski definition) is 0. The molecule has 0 atom stereocenters. The van der Waals surface area contributed by atoms with E-state index in [9.17, 15) is 4.79 Å². The van der Waals surface area contributed by atoms with Crippen LogP contribution in [0.25, 0.3) is 22.5 Å². The summed E-state index contributed by atoms with van der Waals surface area (Å²) in [7, 11) is 1.72. The standard InChI is InChI=1S/C22H18N4O2/c1-26(15-20-24-21(25-28-20)17-11-13-23-14-12-17)22(27)19-10-6-5-9-18(19)16-7-3-2-4-8-16/h2-14H,15H2,1H3. The topological polar surface area (TPSA) is 72.1 Å². The van der Waals surface area contributed by atoms with Crippen LogP contribution in [0.1, 0.15) is 16.2 Å². The molecule has 6 nitrogen and oxygen atoms in total. The average molecular weight is 370 g/mol. The summed E-state index contributed by atoms with van der Waals surface area (Å²) in [6.07, 6.45) is 3.34. The second-order valence-electron chi connectivity index (χ2n) is 6.32. The zero-order chi connectivity index (χ0) is 19.3. The van der Waals surface area contributed by atoms with Crippen molar-refractivity contribution >= 4 is 5.91 Å².